The predicted octanol–water partition coefficient (Wildman–Crippen LogP) is -0.0501. The molecule has 0 N–H and O–H groups in total. The molecule has 0 heterocycles. The van der Waals surface area contributed by atoms with Gasteiger partial charge in [-0.05, 0) is 0 Å². The molecule has 0 aromatic rings. The summed E-state index contributed by atoms with van der Waals surface area (Å²) in [7, 11) is 3.49. The summed E-state index contributed by atoms with van der Waals surface area (Å²) in [6.07, 6.45) is 1.66. The molecule has 0 saturated carbocycles. The maximum absolute atomic E-state index is 10.9. The first-order chi connectivity index (χ1) is 4.09. The van der Waals surface area contributed by atoms with Crippen LogP contribution in [-0.2, 0) is 4.79 Å². The molecule has 1 unspecified atom stereocenters. The summed E-state index contributed by atoms with van der Waals surface area (Å²) in [5.41, 5.74) is 0. The number of amides is 1. The van der Waals surface area contributed by atoms with Crippen molar-refractivity contribution in [3.8, 4) is 0 Å². The van der Waals surface area contributed by atoms with Crippen LogP contribution in [0.1, 0.15) is 0 Å². The molecule has 0 aromatic heterocycles. The number of hydrogen-bond donors (Lipinski definition) is 0. The van der Waals surface area contributed by atoms with Gasteiger partial charge in [-0.15, -0.1) is 0 Å². The Kier molecular flexibility index (Phi) is 3.92. The van der Waals surface area contributed by atoms with E-state index in [-0.39, 0.29) is 9.87 Å². The molecule has 0 aliphatic heterocycles. The van der Waals surface area contributed by atoms with Gasteiger partial charge in [-0.2, -0.15) is 0 Å². The number of carbonyl (C=O) groups excluding carboxylic acids is 1. The summed E-state index contributed by atoms with van der Waals surface area (Å²) in [6, 6.07) is 0. The van der Waals surface area contributed by atoms with E-state index in [4.69, 9.17) is 0 Å². The molecule has 0 aliphatic carbocycles. The van der Waals surface area contributed by atoms with Crippen LogP contribution in [0, 0.1) is 0 Å². The summed E-state index contributed by atoms with van der Waals surface area (Å²) in [5, 5.41) is 0. The Morgan fingerprint density at radius 3 is 2.33 bits per heavy atom. The summed E-state index contributed by atoms with van der Waals surface area (Å²) in [4.78, 5) is 12.5. The van der Waals surface area contributed by atoms with Crippen molar-refractivity contribution in [2.24, 2.45) is 0 Å². The Balaban J connectivity index is 3.87. The number of rotatable bonds is 2. The van der Waals surface area contributed by atoms with Crippen LogP contribution >= 0.6 is 0 Å². The molecule has 0 rings (SSSR count). The molecule has 1 atom stereocenters. The number of carbonyl (C=O) groups is 1. The summed E-state index contributed by atoms with van der Waals surface area (Å²) in [5.74, 6) is 0.124. The van der Waals surface area contributed by atoms with Gasteiger partial charge in [0.25, 0.3) is 0 Å². The summed E-state index contributed by atoms with van der Waals surface area (Å²) >= 11 is 1.48. The third kappa shape index (κ3) is 2.88. The second-order valence-electron chi connectivity index (χ2n) is 1.91. The minimum atomic E-state index is -0.00556. The van der Waals surface area contributed by atoms with E-state index in [9.17, 15) is 4.79 Å². The standard InChI is InChI=1S/C6H11NOTe/c1-4-5(9)6(8)7(2)3/h4-5,9H,1H2,2-3H3. The van der Waals surface area contributed by atoms with Gasteiger partial charge in [-0.25, -0.2) is 0 Å². The molecular formula is C6H11NOTe. The van der Waals surface area contributed by atoms with Gasteiger partial charge in [0.1, 0.15) is 0 Å². The Morgan fingerprint density at radius 2 is 2.22 bits per heavy atom. The van der Waals surface area contributed by atoms with Gasteiger partial charge in [0, 0.05) is 0 Å². The molecule has 3 heteroatoms. The van der Waals surface area contributed by atoms with Crippen LogP contribution in [0.2, 0.25) is 3.97 Å². The van der Waals surface area contributed by atoms with Crippen molar-refractivity contribution < 1.29 is 4.79 Å². The Hall–Kier alpha value is -0.000390. The quantitative estimate of drug-likeness (QED) is 0.490. The van der Waals surface area contributed by atoms with Crippen molar-refractivity contribution in [3.05, 3.63) is 12.7 Å². The van der Waals surface area contributed by atoms with Crippen molar-refractivity contribution in [1.29, 1.82) is 0 Å². The molecule has 0 spiro atoms. The molecule has 2 nitrogen and oxygen atoms in total. The first-order valence-corrected chi connectivity index (χ1v) is 4.08. The molecular weight excluding hydrogens is 230 g/mol. The zero-order valence-electron chi connectivity index (χ0n) is 5.66. The van der Waals surface area contributed by atoms with E-state index >= 15 is 0 Å². The van der Waals surface area contributed by atoms with Crippen LogP contribution in [0.5, 0.6) is 0 Å². The van der Waals surface area contributed by atoms with Crippen molar-refractivity contribution in [2.45, 2.75) is 3.97 Å². The third-order valence-electron chi connectivity index (χ3n) is 0.917. The van der Waals surface area contributed by atoms with Crippen molar-refractivity contribution in [2.75, 3.05) is 14.1 Å². The number of nitrogens with zero attached hydrogens (tertiary/aromatic N) is 1. The maximum atomic E-state index is 10.9. The van der Waals surface area contributed by atoms with E-state index in [1.54, 1.807) is 25.1 Å². The zero-order valence-corrected chi connectivity index (χ0v) is 8.22. The Labute approximate surface area is 68.8 Å². The molecule has 0 aliphatic rings. The molecule has 0 saturated heterocycles. The average molecular weight is 241 g/mol. The Morgan fingerprint density at radius 1 is 1.78 bits per heavy atom. The first-order valence-electron chi connectivity index (χ1n) is 2.61. The van der Waals surface area contributed by atoms with Gasteiger partial charge in [0.15, 0.2) is 0 Å². The first kappa shape index (κ1) is 9.00. The minimum absolute atomic E-state index is 0.00556. The van der Waals surface area contributed by atoms with E-state index in [0.717, 1.165) is 0 Å². The molecule has 0 fully saturated rings. The van der Waals surface area contributed by atoms with Crippen LogP contribution < -0.4 is 0 Å². The molecule has 52 valence electrons. The van der Waals surface area contributed by atoms with Crippen molar-refractivity contribution in [3.63, 3.8) is 0 Å². The molecule has 0 bridgehead atoms. The van der Waals surface area contributed by atoms with Crippen molar-refractivity contribution >= 4 is 28.2 Å². The van der Waals surface area contributed by atoms with Gasteiger partial charge in [0.05, 0.1) is 0 Å². The summed E-state index contributed by atoms with van der Waals surface area (Å²) in [6.45, 7) is 3.53. The molecule has 0 radical (unpaired) electrons. The van der Waals surface area contributed by atoms with Gasteiger partial charge >= 0.3 is 68.6 Å². The second kappa shape index (κ2) is 3.92. The third-order valence-corrected chi connectivity index (χ3v) is 2.15. The fraction of sp³-hybridized carbons (Fsp3) is 0.500. The van der Waals surface area contributed by atoms with E-state index < -0.39 is 0 Å². The summed E-state index contributed by atoms with van der Waals surface area (Å²) < 4.78 is -0.00556. The van der Waals surface area contributed by atoms with E-state index in [1.165, 1.54) is 22.3 Å². The fourth-order valence-corrected chi connectivity index (χ4v) is 1.02. The van der Waals surface area contributed by atoms with Crippen LogP contribution in [0.25, 0.3) is 0 Å². The van der Waals surface area contributed by atoms with Gasteiger partial charge in [-0.1, -0.05) is 0 Å². The SMILES string of the molecule is C=CC([TeH])C(=O)N(C)C. The topological polar surface area (TPSA) is 20.3 Å². The van der Waals surface area contributed by atoms with Crippen LogP contribution in [0.15, 0.2) is 12.7 Å². The van der Waals surface area contributed by atoms with Crippen molar-refractivity contribution in [1.82, 2.24) is 4.90 Å². The van der Waals surface area contributed by atoms with Gasteiger partial charge < -0.3 is 0 Å². The number of hydrogen-bond acceptors (Lipinski definition) is 1. The van der Waals surface area contributed by atoms with Gasteiger partial charge in [-0.3, -0.25) is 0 Å². The molecule has 0 aromatic carbocycles. The van der Waals surface area contributed by atoms with E-state index in [0.29, 0.717) is 0 Å². The predicted molar refractivity (Wildman–Crippen MR) is 39.8 cm³/mol. The normalized spacial score (nSPS) is 12.3. The molecule has 1 amide bonds. The van der Waals surface area contributed by atoms with Crippen LogP contribution in [0.4, 0.5) is 0 Å². The zero-order chi connectivity index (χ0) is 7.44. The van der Waals surface area contributed by atoms with E-state index in [2.05, 4.69) is 6.58 Å². The monoisotopic (exact) mass is 243 g/mol. The van der Waals surface area contributed by atoms with Gasteiger partial charge in [0.2, 0.25) is 0 Å². The molecule has 9 heavy (non-hydrogen) atoms. The van der Waals surface area contributed by atoms with Crippen LogP contribution in [0.3, 0.4) is 0 Å². The Bertz CT molecular complexity index is 122. The van der Waals surface area contributed by atoms with E-state index in [1.807, 2.05) is 0 Å². The van der Waals surface area contributed by atoms with Crippen LogP contribution in [-0.4, -0.2) is 47.2 Å². The fourth-order valence-electron chi connectivity index (χ4n) is 0.365. The second-order valence-corrected chi connectivity index (χ2v) is 3.50. The average Bonchev–Trinajstić information content (AvgIpc) is 1.84.